The number of rotatable bonds is 16. The molecular formula is C58H45Br6ClN4O5S3. The van der Waals surface area contributed by atoms with E-state index in [2.05, 4.69) is 179 Å². The number of nitrogens with zero attached hydrogens (tertiary/aromatic N) is 1. The molecule has 0 atom stereocenters. The van der Waals surface area contributed by atoms with Crippen molar-refractivity contribution in [3.8, 4) is 17.2 Å². The van der Waals surface area contributed by atoms with Crippen molar-refractivity contribution in [1.29, 1.82) is 0 Å². The summed E-state index contributed by atoms with van der Waals surface area (Å²) in [5.74, 6) is 0.569. The van der Waals surface area contributed by atoms with Crippen molar-refractivity contribution in [2.75, 3.05) is 16.0 Å². The zero-order valence-electron chi connectivity index (χ0n) is 40.4. The molecule has 0 aliphatic carbocycles. The highest BCUT2D eigenvalue weighted by molar-refractivity contribution is 9.12. The summed E-state index contributed by atoms with van der Waals surface area (Å²) in [6, 6.07) is 58.7. The molecule has 9 aromatic rings. The van der Waals surface area contributed by atoms with Crippen molar-refractivity contribution in [1.82, 2.24) is 0 Å². The number of nitro benzene ring substituents is 1. The van der Waals surface area contributed by atoms with Crippen LogP contribution in [0, 0.1) is 17.0 Å². The highest BCUT2D eigenvalue weighted by Gasteiger charge is 2.13. The molecular weight excluding hydrogens is 1440 g/mol. The smallest absolute Gasteiger partial charge is 0.269 e. The van der Waals surface area contributed by atoms with Gasteiger partial charge in [0.15, 0.2) is 0 Å². The van der Waals surface area contributed by atoms with Gasteiger partial charge >= 0.3 is 0 Å². The van der Waals surface area contributed by atoms with E-state index in [1.807, 2.05) is 97.1 Å². The second-order valence-corrected chi connectivity index (χ2v) is 25.5. The van der Waals surface area contributed by atoms with Gasteiger partial charge in [0.2, 0.25) is 0 Å². The summed E-state index contributed by atoms with van der Waals surface area (Å²) in [5, 5.41) is 51.1. The van der Waals surface area contributed by atoms with Crippen LogP contribution in [-0.4, -0.2) is 20.2 Å². The largest absolute Gasteiger partial charge is 0.506 e. The van der Waals surface area contributed by atoms with Gasteiger partial charge in [-0.3, -0.25) is 10.1 Å². The molecule has 0 heterocycles. The third-order valence-electron chi connectivity index (χ3n) is 11.0. The maximum atomic E-state index is 10.8. The predicted molar refractivity (Wildman–Crippen MR) is 340 cm³/mol. The number of phenolic OH excluding ortho intramolecular Hbond substituents is 3. The molecule has 0 unspecified atom stereocenters. The summed E-state index contributed by atoms with van der Waals surface area (Å²) < 4.78 is 3.82. The van der Waals surface area contributed by atoms with E-state index < -0.39 is 4.92 Å². The van der Waals surface area contributed by atoms with E-state index in [1.165, 1.54) is 43.5 Å². The van der Waals surface area contributed by atoms with Crippen LogP contribution in [0.3, 0.4) is 0 Å². The van der Waals surface area contributed by atoms with E-state index in [-0.39, 0.29) is 22.9 Å². The monoisotopic (exact) mass is 1480 g/mol. The predicted octanol–water partition coefficient (Wildman–Crippen LogP) is 20.9. The number of benzene rings is 9. The third-order valence-corrected chi connectivity index (χ3v) is 18.2. The molecule has 0 aliphatic rings. The Morgan fingerprint density at radius 2 is 0.714 bits per heavy atom. The molecule has 9 nitrogen and oxygen atoms in total. The van der Waals surface area contributed by atoms with Crippen LogP contribution in [0.4, 0.5) is 22.7 Å². The lowest BCUT2D eigenvalue weighted by molar-refractivity contribution is -0.384. The zero-order valence-corrected chi connectivity index (χ0v) is 53.1. The van der Waals surface area contributed by atoms with Crippen molar-refractivity contribution in [2.24, 2.45) is 0 Å². The Balaban J connectivity index is 0.000000168. The van der Waals surface area contributed by atoms with Crippen LogP contribution in [0.1, 0.15) is 22.3 Å². The first-order valence-electron chi connectivity index (χ1n) is 23.1. The Morgan fingerprint density at radius 1 is 0.442 bits per heavy atom. The lowest BCUT2D eigenvalue weighted by Crippen LogP contribution is -2.01. The number of aromatic hydroxyl groups is 3. The molecule has 394 valence electrons. The van der Waals surface area contributed by atoms with Gasteiger partial charge in [-0.25, -0.2) is 0 Å². The Morgan fingerprint density at radius 3 is 1.01 bits per heavy atom. The van der Waals surface area contributed by atoms with Crippen LogP contribution in [0.2, 0.25) is 5.02 Å². The zero-order chi connectivity index (χ0) is 55.0. The Kier molecular flexibility index (Phi) is 23.1. The van der Waals surface area contributed by atoms with Gasteiger partial charge in [0.05, 0.1) is 31.8 Å². The Labute approximate surface area is 515 Å². The van der Waals surface area contributed by atoms with Gasteiger partial charge in [0.25, 0.3) is 5.69 Å². The minimum absolute atomic E-state index is 0.0813. The number of hydrogen-bond donors (Lipinski definition) is 6. The van der Waals surface area contributed by atoms with Crippen LogP contribution in [0.15, 0.2) is 238 Å². The first-order valence-corrected chi connectivity index (χ1v) is 30.7. The molecule has 0 saturated carbocycles. The second-order valence-electron chi connectivity index (χ2n) is 16.6. The lowest BCUT2D eigenvalue weighted by atomic mass is 10.2. The molecule has 0 saturated heterocycles. The standard InChI is InChI=1S/C20H17Br2NOS.C19H14Br2ClNOS.C19H14Br2N2O3S/c1-13-6-8-16(9-7-13)25-19-5-3-2-4-14(19)12-23-15-10-17(21)20(24)18(22)11-15;20-16-9-14(10-17(21)19(16)24)23-11-12-3-1-2-4-18(12)25-15-7-5-13(22)6-8-15;20-16-9-13(10-17(21)19(16)24)22-11-12-3-1-2-4-18(12)27-15-7-5-14(6-8-15)23(25)26/h2-11,23-24H,12H2,1H3;1-10,23-24H,11H2;1-10,22,24H,11H2. The number of hydrogen-bond acceptors (Lipinski definition) is 11. The number of halogens is 7. The Bertz CT molecular complexity index is 3260. The van der Waals surface area contributed by atoms with Crippen molar-refractivity contribution in [3.63, 3.8) is 0 Å². The van der Waals surface area contributed by atoms with Gasteiger partial charge < -0.3 is 31.3 Å². The van der Waals surface area contributed by atoms with E-state index in [0.29, 0.717) is 46.5 Å². The molecule has 0 amide bonds. The number of phenols is 3. The third kappa shape index (κ3) is 18.2. The van der Waals surface area contributed by atoms with Crippen LogP contribution >= 0.6 is 142 Å². The molecule has 0 spiro atoms. The lowest BCUT2D eigenvalue weighted by Gasteiger charge is -2.12. The van der Waals surface area contributed by atoms with E-state index >= 15 is 0 Å². The topological polar surface area (TPSA) is 140 Å². The average molecular weight is 1490 g/mol. The fourth-order valence-corrected chi connectivity index (χ4v) is 13.5. The highest BCUT2D eigenvalue weighted by Crippen LogP contribution is 2.40. The summed E-state index contributed by atoms with van der Waals surface area (Å²) in [5.41, 5.74) is 7.59. The molecule has 9 rings (SSSR count). The SMILES string of the molecule is Cc1ccc(Sc2ccccc2CNc2cc(Br)c(O)c(Br)c2)cc1.O=[N+]([O-])c1ccc(Sc2ccccc2CNc2cc(Br)c(O)c(Br)c2)cc1.Oc1c(Br)cc(NCc2ccccc2Sc2ccc(Cl)cc2)cc1Br. The maximum Gasteiger partial charge on any atom is 0.269 e. The molecule has 77 heavy (non-hydrogen) atoms. The second kappa shape index (κ2) is 29.6. The van der Waals surface area contributed by atoms with E-state index in [4.69, 9.17) is 11.6 Å². The molecule has 0 bridgehead atoms. The van der Waals surface area contributed by atoms with Crippen LogP contribution < -0.4 is 16.0 Å². The number of nitro groups is 1. The van der Waals surface area contributed by atoms with Crippen LogP contribution in [0.5, 0.6) is 17.2 Å². The van der Waals surface area contributed by atoms with Gasteiger partial charge in [0.1, 0.15) is 17.2 Å². The number of aryl methyl sites for hydroxylation is 1. The summed E-state index contributed by atoms with van der Waals surface area (Å²) in [6.45, 7) is 4.08. The van der Waals surface area contributed by atoms with Crippen molar-refractivity contribution in [2.45, 2.75) is 55.9 Å². The van der Waals surface area contributed by atoms with E-state index in [9.17, 15) is 25.4 Å². The quantitative estimate of drug-likeness (QED) is 0.0313. The van der Waals surface area contributed by atoms with Crippen LogP contribution in [-0.2, 0) is 19.6 Å². The molecule has 0 fully saturated rings. The van der Waals surface area contributed by atoms with Gasteiger partial charge in [-0.15, -0.1) is 0 Å². The average Bonchev–Trinajstić information content (AvgIpc) is 3.42. The minimum atomic E-state index is -0.403. The Hall–Kier alpha value is -4.60. The van der Waals surface area contributed by atoms with Gasteiger partial charge in [-0.05, 0) is 222 Å². The molecule has 9 aromatic carbocycles. The molecule has 0 radical (unpaired) electrons. The number of nitrogens with one attached hydrogen (secondary N) is 3. The fraction of sp³-hybridized carbons (Fsp3) is 0.0690. The maximum absolute atomic E-state index is 10.8. The van der Waals surface area contributed by atoms with Gasteiger partial charge in [0, 0.05) is 83.2 Å². The summed E-state index contributed by atoms with van der Waals surface area (Å²) >= 11 is 31.1. The first kappa shape index (κ1) is 60.0. The van der Waals surface area contributed by atoms with Crippen molar-refractivity contribution >= 4 is 165 Å². The number of anilines is 3. The summed E-state index contributed by atoms with van der Waals surface area (Å²) in [4.78, 5) is 17.2. The van der Waals surface area contributed by atoms with Crippen molar-refractivity contribution in [3.05, 3.63) is 246 Å². The molecule has 0 aliphatic heterocycles. The fourth-order valence-electron chi connectivity index (χ4n) is 6.97. The number of non-ortho nitro benzene ring substituents is 1. The van der Waals surface area contributed by atoms with E-state index in [1.54, 1.807) is 47.4 Å². The minimum Gasteiger partial charge on any atom is -0.506 e. The normalized spacial score (nSPS) is 10.6. The van der Waals surface area contributed by atoms with Gasteiger partial charge in [-0.1, -0.05) is 119 Å². The first-order chi connectivity index (χ1) is 37.0. The highest BCUT2D eigenvalue weighted by atomic mass is 79.9. The van der Waals surface area contributed by atoms with Crippen molar-refractivity contribution < 1.29 is 20.2 Å². The van der Waals surface area contributed by atoms with Gasteiger partial charge in [-0.2, -0.15) is 0 Å². The summed E-state index contributed by atoms with van der Waals surface area (Å²) in [6.07, 6.45) is 0. The van der Waals surface area contributed by atoms with Crippen LogP contribution in [0.25, 0.3) is 0 Å². The summed E-state index contributed by atoms with van der Waals surface area (Å²) in [7, 11) is 0. The molecule has 19 heteroatoms. The molecule has 6 N–H and O–H groups in total. The van der Waals surface area contributed by atoms with E-state index in [0.717, 1.165) is 42.3 Å². The molecule has 0 aromatic heterocycles.